The Labute approximate surface area is 222 Å². The van der Waals surface area contributed by atoms with E-state index in [2.05, 4.69) is 27.4 Å². The van der Waals surface area contributed by atoms with Crippen LogP contribution >= 0.6 is 46.6 Å². The molecular weight excluding hydrogens is 533 g/mol. The lowest BCUT2D eigenvalue weighted by Gasteiger charge is -2.16. The van der Waals surface area contributed by atoms with Gasteiger partial charge in [-0.3, -0.25) is 9.59 Å². The summed E-state index contributed by atoms with van der Waals surface area (Å²) in [7, 11) is 1.51. The summed E-state index contributed by atoms with van der Waals surface area (Å²) in [5, 5.41) is 15.7. The van der Waals surface area contributed by atoms with Crippen molar-refractivity contribution in [3.63, 3.8) is 0 Å². The van der Waals surface area contributed by atoms with Crippen LogP contribution in [0.15, 0.2) is 54.2 Å². The minimum Gasteiger partial charge on any atom is -0.495 e. The number of aromatic nitrogens is 3. The number of benzene rings is 2. The number of thioether (sulfide) groups is 1. The number of nitrogens with one attached hydrogen (secondary N) is 2. The number of anilines is 1. The zero-order valence-electron chi connectivity index (χ0n) is 18.8. The standard InChI is InChI=1S/C23H22Cl3N5O3S/c1-4-9-31-21(13(2)27-22(33)16-7-5-14(24)10-17(16)26)29-30-23(31)35-12-20(32)28-18-11-15(25)6-8-19(18)34-3/h4-8,10-11,13H,1,9,12H2,2-3H3,(H,27,33)(H,28,32)/t13-/m1/s1. The van der Waals surface area contributed by atoms with E-state index < -0.39 is 6.04 Å². The molecule has 0 unspecified atom stereocenters. The van der Waals surface area contributed by atoms with Gasteiger partial charge in [0.25, 0.3) is 5.91 Å². The largest absolute Gasteiger partial charge is 0.495 e. The number of hydrogen-bond donors (Lipinski definition) is 2. The van der Waals surface area contributed by atoms with Crippen molar-refractivity contribution in [3.8, 4) is 5.75 Å². The highest BCUT2D eigenvalue weighted by Crippen LogP contribution is 2.28. The van der Waals surface area contributed by atoms with Crippen molar-refractivity contribution >= 4 is 64.1 Å². The monoisotopic (exact) mass is 553 g/mol. The molecule has 1 aromatic heterocycles. The van der Waals surface area contributed by atoms with Crippen LogP contribution in [0, 0.1) is 0 Å². The first-order chi connectivity index (χ1) is 16.7. The van der Waals surface area contributed by atoms with Gasteiger partial charge >= 0.3 is 0 Å². The molecule has 3 aromatic rings. The summed E-state index contributed by atoms with van der Waals surface area (Å²) in [4.78, 5) is 25.3. The number of carbonyl (C=O) groups is 2. The number of hydrogen-bond acceptors (Lipinski definition) is 6. The van der Waals surface area contributed by atoms with Crippen molar-refractivity contribution in [1.82, 2.24) is 20.1 Å². The highest BCUT2D eigenvalue weighted by Gasteiger charge is 2.21. The van der Waals surface area contributed by atoms with Gasteiger partial charge in [0.05, 0.1) is 35.2 Å². The van der Waals surface area contributed by atoms with Crippen LogP contribution < -0.4 is 15.4 Å². The fourth-order valence-electron chi connectivity index (χ4n) is 3.13. The van der Waals surface area contributed by atoms with Gasteiger partial charge in [-0.15, -0.1) is 16.8 Å². The first-order valence-electron chi connectivity index (χ1n) is 10.3. The lowest BCUT2D eigenvalue weighted by molar-refractivity contribution is -0.113. The quantitative estimate of drug-likeness (QED) is 0.248. The molecule has 35 heavy (non-hydrogen) atoms. The van der Waals surface area contributed by atoms with Gasteiger partial charge in [0.1, 0.15) is 5.75 Å². The molecule has 1 atom stereocenters. The van der Waals surface area contributed by atoms with Crippen LogP contribution in [-0.4, -0.2) is 39.4 Å². The van der Waals surface area contributed by atoms with E-state index in [0.717, 1.165) is 0 Å². The van der Waals surface area contributed by atoms with E-state index in [9.17, 15) is 9.59 Å². The Morgan fingerprint density at radius 1 is 1.17 bits per heavy atom. The van der Waals surface area contributed by atoms with E-state index in [1.807, 2.05) is 0 Å². The number of halogens is 3. The molecule has 0 radical (unpaired) electrons. The summed E-state index contributed by atoms with van der Waals surface area (Å²) < 4.78 is 7.03. The molecule has 2 N–H and O–H groups in total. The molecule has 0 fully saturated rings. The fourth-order valence-corrected chi connectivity index (χ4v) is 4.56. The second-order valence-electron chi connectivity index (χ2n) is 7.24. The molecule has 12 heteroatoms. The number of allylic oxidation sites excluding steroid dienone is 1. The van der Waals surface area contributed by atoms with Crippen LogP contribution in [0.4, 0.5) is 5.69 Å². The summed E-state index contributed by atoms with van der Waals surface area (Å²) in [5.41, 5.74) is 0.761. The van der Waals surface area contributed by atoms with Gasteiger partial charge in [0, 0.05) is 16.6 Å². The minimum absolute atomic E-state index is 0.0616. The van der Waals surface area contributed by atoms with Crippen molar-refractivity contribution in [2.75, 3.05) is 18.2 Å². The first-order valence-corrected chi connectivity index (χ1v) is 12.4. The summed E-state index contributed by atoms with van der Waals surface area (Å²) in [6, 6.07) is 9.10. The Morgan fingerprint density at radius 3 is 2.57 bits per heavy atom. The molecule has 0 aliphatic heterocycles. The average Bonchev–Trinajstić information content (AvgIpc) is 3.20. The van der Waals surface area contributed by atoms with Crippen LogP contribution in [0.25, 0.3) is 0 Å². The summed E-state index contributed by atoms with van der Waals surface area (Å²) in [6.07, 6.45) is 1.68. The van der Waals surface area contributed by atoms with Gasteiger partial charge in [-0.25, -0.2) is 0 Å². The highest BCUT2D eigenvalue weighted by atomic mass is 35.5. The Balaban J connectivity index is 1.70. The maximum atomic E-state index is 12.7. The molecule has 2 aromatic carbocycles. The van der Waals surface area contributed by atoms with Crippen LogP contribution in [0.5, 0.6) is 5.75 Å². The molecule has 3 rings (SSSR count). The van der Waals surface area contributed by atoms with Crippen molar-refractivity contribution in [1.29, 1.82) is 0 Å². The zero-order valence-corrected chi connectivity index (χ0v) is 21.9. The molecular formula is C23H22Cl3N5O3S. The highest BCUT2D eigenvalue weighted by molar-refractivity contribution is 7.99. The normalized spacial score (nSPS) is 11.6. The van der Waals surface area contributed by atoms with Gasteiger partial charge in [-0.05, 0) is 43.3 Å². The number of ether oxygens (including phenoxy) is 1. The van der Waals surface area contributed by atoms with E-state index in [-0.39, 0.29) is 22.6 Å². The first kappa shape index (κ1) is 26.9. The van der Waals surface area contributed by atoms with Gasteiger partial charge in [0.15, 0.2) is 11.0 Å². The van der Waals surface area contributed by atoms with E-state index in [1.54, 1.807) is 47.9 Å². The van der Waals surface area contributed by atoms with Crippen molar-refractivity contribution < 1.29 is 14.3 Å². The zero-order chi connectivity index (χ0) is 25.5. The lowest BCUT2D eigenvalue weighted by Crippen LogP contribution is -2.29. The molecule has 0 bridgehead atoms. The second-order valence-corrected chi connectivity index (χ2v) is 9.46. The average molecular weight is 555 g/mol. The third kappa shape index (κ3) is 6.91. The van der Waals surface area contributed by atoms with Gasteiger partial charge in [0.2, 0.25) is 5.91 Å². The predicted octanol–water partition coefficient (Wildman–Crippen LogP) is 5.65. The molecule has 2 amide bonds. The van der Waals surface area contributed by atoms with Gasteiger partial charge in [-0.1, -0.05) is 52.6 Å². The Bertz CT molecular complexity index is 1250. The molecule has 0 saturated heterocycles. The smallest absolute Gasteiger partial charge is 0.253 e. The lowest BCUT2D eigenvalue weighted by atomic mass is 10.2. The Kier molecular flexibility index (Phi) is 9.45. The minimum atomic E-state index is -0.499. The number of methoxy groups -OCH3 is 1. The number of carbonyl (C=O) groups excluding carboxylic acids is 2. The van der Waals surface area contributed by atoms with Crippen LogP contribution in [0.3, 0.4) is 0 Å². The van der Waals surface area contributed by atoms with E-state index in [1.165, 1.54) is 24.9 Å². The number of rotatable bonds is 10. The molecule has 1 heterocycles. The number of nitrogens with zero attached hydrogens (tertiary/aromatic N) is 3. The molecule has 0 aliphatic carbocycles. The molecule has 184 valence electrons. The Morgan fingerprint density at radius 2 is 1.89 bits per heavy atom. The summed E-state index contributed by atoms with van der Waals surface area (Å²) in [6.45, 7) is 5.94. The maximum absolute atomic E-state index is 12.7. The van der Waals surface area contributed by atoms with Crippen molar-refractivity contribution in [3.05, 3.63) is 75.5 Å². The molecule has 0 aliphatic rings. The fraction of sp³-hybridized carbons (Fsp3) is 0.217. The molecule has 0 spiro atoms. The summed E-state index contributed by atoms with van der Waals surface area (Å²) in [5.74, 6) is 0.407. The topological polar surface area (TPSA) is 98.1 Å². The summed E-state index contributed by atoms with van der Waals surface area (Å²) >= 11 is 19.3. The van der Waals surface area contributed by atoms with Crippen molar-refractivity contribution in [2.24, 2.45) is 0 Å². The van der Waals surface area contributed by atoms with Crippen LogP contribution in [-0.2, 0) is 11.3 Å². The van der Waals surface area contributed by atoms with Crippen LogP contribution in [0.2, 0.25) is 15.1 Å². The van der Waals surface area contributed by atoms with E-state index in [0.29, 0.717) is 44.6 Å². The van der Waals surface area contributed by atoms with E-state index in [4.69, 9.17) is 39.5 Å². The third-order valence-electron chi connectivity index (χ3n) is 4.74. The second kappa shape index (κ2) is 12.3. The van der Waals surface area contributed by atoms with Crippen LogP contribution in [0.1, 0.15) is 29.1 Å². The van der Waals surface area contributed by atoms with Crippen molar-refractivity contribution in [2.45, 2.75) is 24.7 Å². The van der Waals surface area contributed by atoms with Gasteiger partial charge < -0.3 is 19.9 Å². The SMILES string of the molecule is C=CCn1c(SCC(=O)Nc2cc(Cl)ccc2OC)nnc1[C@@H](C)NC(=O)c1ccc(Cl)cc1Cl. The predicted molar refractivity (Wildman–Crippen MR) is 140 cm³/mol. The van der Waals surface area contributed by atoms with E-state index >= 15 is 0 Å². The maximum Gasteiger partial charge on any atom is 0.253 e. The number of amides is 2. The third-order valence-corrected chi connectivity index (χ3v) is 6.49. The Hall–Kier alpha value is -2.72. The molecule has 0 saturated carbocycles. The van der Waals surface area contributed by atoms with Gasteiger partial charge in [-0.2, -0.15) is 0 Å². The molecule has 8 nitrogen and oxygen atoms in total.